The minimum Gasteiger partial charge on any atom is -0.490 e. The first kappa shape index (κ1) is 29.1. The Labute approximate surface area is 237 Å². The zero-order valence-electron chi connectivity index (χ0n) is 21.2. The zero-order valence-corrected chi connectivity index (χ0v) is 25.1. The zero-order chi connectivity index (χ0) is 27.3. The maximum Gasteiger partial charge on any atom is 0.347 e. The summed E-state index contributed by atoms with van der Waals surface area (Å²) in [6.45, 7) is 9.69. The molecule has 3 aromatic rings. The minimum atomic E-state index is -0.900. The first-order valence-corrected chi connectivity index (χ1v) is 13.8. The van der Waals surface area contributed by atoms with Crippen molar-refractivity contribution < 1.29 is 19.0 Å². The van der Waals surface area contributed by atoms with E-state index in [0.717, 1.165) is 10.9 Å². The standard InChI is InChI=1S/C26H28Br2ClN3O5/c1-6-14(4)24-31-19-10-9-17(27)12-18(19)25(33)32(24)30-13-16-11-20(35-7-2)23(22(29)21(16)28)37-15(5)26(34)36-8-3/h9-15H,6-8H2,1-5H3/t14-,15+/m0/s1. The van der Waals surface area contributed by atoms with Crippen molar-refractivity contribution in [3.05, 3.63) is 60.0 Å². The molecule has 0 spiro atoms. The molecule has 0 N–H and O–H groups in total. The number of carbonyl (C=O) groups excluding carboxylic acids is 1. The first-order chi connectivity index (χ1) is 17.6. The summed E-state index contributed by atoms with van der Waals surface area (Å²) in [4.78, 5) is 30.2. The van der Waals surface area contributed by atoms with E-state index in [1.165, 1.54) is 10.9 Å². The van der Waals surface area contributed by atoms with Crippen LogP contribution >= 0.6 is 43.5 Å². The molecule has 0 aliphatic carbocycles. The number of nitrogens with zero attached hydrogens (tertiary/aromatic N) is 3. The van der Waals surface area contributed by atoms with Crippen molar-refractivity contribution >= 4 is 66.5 Å². The number of rotatable bonds is 10. The van der Waals surface area contributed by atoms with Gasteiger partial charge < -0.3 is 14.2 Å². The highest BCUT2D eigenvalue weighted by molar-refractivity contribution is 9.10. The van der Waals surface area contributed by atoms with Crippen molar-refractivity contribution in [3.8, 4) is 11.5 Å². The molecule has 1 heterocycles. The molecule has 11 heteroatoms. The van der Waals surface area contributed by atoms with Gasteiger partial charge in [-0.2, -0.15) is 9.78 Å². The van der Waals surface area contributed by atoms with Crippen LogP contribution in [0.5, 0.6) is 11.5 Å². The van der Waals surface area contributed by atoms with E-state index in [-0.39, 0.29) is 28.9 Å². The smallest absolute Gasteiger partial charge is 0.347 e. The number of halogens is 3. The highest BCUT2D eigenvalue weighted by atomic mass is 79.9. The molecule has 0 aliphatic heterocycles. The van der Waals surface area contributed by atoms with Crippen LogP contribution in [0.4, 0.5) is 0 Å². The van der Waals surface area contributed by atoms with Gasteiger partial charge >= 0.3 is 5.97 Å². The molecule has 0 bridgehead atoms. The number of benzene rings is 2. The van der Waals surface area contributed by atoms with Crippen LogP contribution in [0.2, 0.25) is 5.02 Å². The number of carbonyl (C=O) groups is 1. The van der Waals surface area contributed by atoms with Crippen molar-refractivity contribution in [1.29, 1.82) is 0 Å². The van der Waals surface area contributed by atoms with Crippen LogP contribution in [0.25, 0.3) is 10.9 Å². The normalized spacial score (nSPS) is 13.1. The molecule has 37 heavy (non-hydrogen) atoms. The van der Waals surface area contributed by atoms with Crippen LogP contribution in [0, 0.1) is 0 Å². The van der Waals surface area contributed by atoms with Crippen LogP contribution < -0.4 is 15.0 Å². The van der Waals surface area contributed by atoms with Gasteiger partial charge in [-0.05, 0) is 67.4 Å². The number of hydrogen-bond donors (Lipinski definition) is 0. The number of aromatic nitrogens is 2. The Balaban J connectivity index is 2.12. The Bertz CT molecular complexity index is 1390. The summed E-state index contributed by atoms with van der Waals surface area (Å²) in [5.74, 6) is 0.541. The van der Waals surface area contributed by atoms with Gasteiger partial charge in [0.05, 0.1) is 30.3 Å². The van der Waals surface area contributed by atoms with Gasteiger partial charge in [0.1, 0.15) is 10.8 Å². The molecule has 0 fully saturated rings. The summed E-state index contributed by atoms with van der Waals surface area (Å²) in [7, 11) is 0. The summed E-state index contributed by atoms with van der Waals surface area (Å²) in [6.07, 6.45) is 1.39. The Kier molecular flexibility index (Phi) is 10.1. The van der Waals surface area contributed by atoms with Crippen molar-refractivity contribution in [3.63, 3.8) is 0 Å². The van der Waals surface area contributed by atoms with Gasteiger partial charge in [0, 0.05) is 20.4 Å². The summed E-state index contributed by atoms with van der Waals surface area (Å²) >= 11 is 13.5. The van der Waals surface area contributed by atoms with E-state index in [1.54, 1.807) is 26.0 Å². The number of hydrogen-bond acceptors (Lipinski definition) is 7. The largest absolute Gasteiger partial charge is 0.490 e. The number of fused-ring (bicyclic) bond motifs is 1. The predicted octanol–water partition coefficient (Wildman–Crippen LogP) is 6.70. The molecule has 0 unspecified atom stereocenters. The highest BCUT2D eigenvalue weighted by Gasteiger charge is 2.23. The molecule has 1 aromatic heterocycles. The molecule has 8 nitrogen and oxygen atoms in total. The quantitative estimate of drug-likeness (QED) is 0.178. The van der Waals surface area contributed by atoms with E-state index in [1.807, 2.05) is 32.9 Å². The van der Waals surface area contributed by atoms with Crippen LogP contribution in [0.1, 0.15) is 58.3 Å². The molecule has 2 aromatic carbocycles. The van der Waals surface area contributed by atoms with E-state index >= 15 is 0 Å². The van der Waals surface area contributed by atoms with Gasteiger partial charge in [-0.15, -0.1) is 0 Å². The molecular formula is C26H28Br2ClN3O5. The topological polar surface area (TPSA) is 92.0 Å². The molecule has 0 saturated heterocycles. The first-order valence-electron chi connectivity index (χ1n) is 11.9. The van der Waals surface area contributed by atoms with Crippen LogP contribution in [0.3, 0.4) is 0 Å². The maximum absolute atomic E-state index is 13.4. The van der Waals surface area contributed by atoms with Crippen molar-refractivity contribution in [2.75, 3.05) is 13.2 Å². The fraction of sp³-hybridized carbons (Fsp3) is 0.385. The molecule has 0 aliphatic rings. The molecule has 0 saturated carbocycles. The lowest BCUT2D eigenvalue weighted by molar-refractivity contribution is -0.150. The van der Waals surface area contributed by atoms with Gasteiger partial charge in [0.15, 0.2) is 17.6 Å². The second-order valence-corrected chi connectivity index (χ2v) is 10.3. The van der Waals surface area contributed by atoms with E-state index in [2.05, 4.69) is 37.0 Å². The Hall–Kier alpha value is -2.43. The third-order valence-corrected chi connectivity index (χ3v) is 7.50. The second kappa shape index (κ2) is 12.9. The molecule has 0 radical (unpaired) electrons. The van der Waals surface area contributed by atoms with Crippen LogP contribution in [0.15, 0.2) is 43.1 Å². The minimum absolute atomic E-state index is 0.0101. The molecule has 2 atom stereocenters. The number of esters is 1. The monoisotopic (exact) mass is 655 g/mol. The second-order valence-electron chi connectivity index (χ2n) is 8.17. The summed E-state index contributed by atoms with van der Waals surface area (Å²) in [6, 6.07) is 7.06. The van der Waals surface area contributed by atoms with Crippen molar-refractivity contribution in [2.24, 2.45) is 5.10 Å². The average Bonchev–Trinajstić information content (AvgIpc) is 2.88. The summed E-state index contributed by atoms with van der Waals surface area (Å²) < 4.78 is 19.1. The SMILES string of the molecule is CCOC(=O)[C@@H](C)Oc1c(OCC)cc(C=Nn2c([C@@H](C)CC)nc3ccc(Br)cc3c2=O)c(Br)c1Cl. The Morgan fingerprint density at radius 3 is 2.57 bits per heavy atom. The van der Waals surface area contributed by atoms with Crippen molar-refractivity contribution in [1.82, 2.24) is 9.66 Å². The van der Waals surface area contributed by atoms with E-state index in [9.17, 15) is 9.59 Å². The Morgan fingerprint density at radius 2 is 1.92 bits per heavy atom. The average molecular weight is 658 g/mol. The van der Waals surface area contributed by atoms with E-state index in [4.69, 9.17) is 30.8 Å². The van der Waals surface area contributed by atoms with Gasteiger partial charge in [-0.1, -0.05) is 41.4 Å². The lowest BCUT2D eigenvalue weighted by atomic mass is 10.1. The van der Waals surface area contributed by atoms with Gasteiger partial charge in [0.25, 0.3) is 5.56 Å². The molecule has 0 amide bonds. The van der Waals surface area contributed by atoms with E-state index in [0.29, 0.717) is 39.1 Å². The fourth-order valence-electron chi connectivity index (χ4n) is 3.45. The Morgan fingerprint density at radius 1 is 1.19 bits per heavy atom. The molecule has 3 rings (SSSR count). The summed E-state index contributed by atoms with van der Waals surface area (Å²) in [5, 5.41) is 5.15. The highest BCUT2D eigenvalue weighted by Crippen LogP contribution is 2.43. The lowest BCUT2D eigenvalue weighted by Gasteiger charge is -2.19. The third kappa shape index (κ3) is 6.53. The van der Waals surface area contributed by atoms with Gasteiger partial charge in [-0.25, -0.2) is 9.78 Å². The van der Waals surface area contributed by atoms with Crippen molar-refractivity contribution in [2.45, 2.75) is 53.1 Å². The van der Waals surface area contributed by atoms with Crippen LogP contribution in [-0.4, -0.2) is 41.2 Å². The summed E-state index contributed by atoms with van der Waals surface area (Å²) in [5.41, 5.74) is 0.865. The lowest BCUT2D eigenvalue weighted by Crippen LogP contribution is -2.26. The van der Waals surface area contributed by atoms with Crippen LogP contribution in [-0.2, 0) is 9.53 Å². The number of ether oxygens (including phenoxy) is 3. The molecular weight excluding hydrogens is 630 g/mol. The maximum atomic E-state index is 13.4. The third-order valence-electron chi connectivity index (χ3n) is 5.57. The van der Waals surface area contributed by atoms with Gasteiger partial charge in [0.2, 0.25) is 0 Å². The molecule has 198 valence electrons. The van der Waals surface area contributed by atoms with E-state index < -0.39 is 12.1 Å². The predicted molar refractivity (Wildman–Crippen MR) is 152 cm³/mol. The van der Waals surface area contributed by atoms with Gasteiger partial charge in [-0.3, -0.25) is 4.79 Å². The fourth-order valence-corrected chi connectivity index (χ4v) is 4.46.